The maximum atomic E-state index is 15.1. The Bertz CT molecular complexity index is 1040. The van der Waals surface area contributed by atoms with Gasteiger partial charge in [-0.3, -0.25) is 4.79 Å². The van der Waals surface area contributed by atoms with Gasteiger partial charge in [0.15, 0.2) is 6.29 Å². The number of hydrogen-bond donors (Lipinski definition) is 0. The predicted octanol–water partition coefficient (Wildman–Crippen LogP) is 7.47. The van der Waals surface area contributed by atoms with E-state index >= 15 is 4.39 Å². The summed E-state index contributed by atoms with van der Waals surface area (Å²) in [6.07, 6.45) is -1.55. The third-order valence-electron chi connectivity index (χ3n) is 4.96. The zero-order valence-electron chi connectivity index (χ0n) is 16.2. The monoisotopic (exact) mass is 418 g/mol. The molecule has 0 aliphatic carbocycles. The minimum absolute atomic E-state index is 0.0275. The first kappa shape index (κ1) is 21.7. The van der Waals surface area contributed by atoms with E-state index in [2.05, 4.69) is 6.92 Å². The number of benzene rings is 3. The molecule has 0 bridgehead atoms. The van der Waals surface area contributed by atoms with E-state index in [1.807, 2.05) is 12.1 Å². The number of rotatable bonds is 6. The van der Waals surface area contributed by atoms with E-state index in [1.54, 1.807) is 12.1 Å². The Hall–Kier alpha value is -3.02. The molecule has 6 heteroatoms. The van der Waals surface area contributed by atoms with Gasteiger partial charge in [0.05, 0.1) is 11.1 Å². The Kier molecular flexibility index (Phi) is 6.34. The SMILES string of the molecule is CCCCc1ccc(-c2c(-c3ccc(C(F)(F)F)cc3)cc(F)c(C=O)c2F)cc1. The Morgan fingerprint density at radius 3 is 2.03 bits per heavy atom. The van der Waals surface area contributed by atoms with Gasteiger partial charge in [-0.2, -0.15) is 13.2 Å². The highest BCUT2D eigenvalue weighted by atomic mass is 19.4. The maximum absolute atomic E-state index is 15.1. The van der Waals surface area contributed by atoms with E-state index in [1.165, 1.54) is 0 Å². The van der Waals surface area contributed by atoms with Gasteiger partial charge in [-0.05, 0) is 53.3 Å². The highest BCUT2D eigenvalue weighted by Crippen LogP contribution is 2.38. The first-order valence-corrected chi connectivity index (χ1v) is 9.50. The van der Waals surface area contributed by atoms with Crippen molar-refractivity contribution in [1.29, 1.82) is 0 Å². The van der Waals surface area contributed by atoms with Crippen LogP contribution in [0.2, 0.25) is 0 Å². The number of alkyl halides is 3. The molecular weight excluding hydrogens is 399 g/mol. The quantitative estimate of drug-likeness (QED) is 0.300. The molecule has 3 aromatic carbocycles. The van der Waals surface area contributed by atoms with Gasteiger partial charge in [0.25, 0.3) is 0 Å². The molecule has 0 N–H and O–H groups in total. The van der Waals surface area contributed by atoms with Gasteiger partial charge in [0.1, 0.15) is 11.6 Å². The summed E-state index contributed by atoms with van der Waals surface area (Å²) in [6, 6.07) is 12.0. The Balaban J connectivity index is 2.15. The largest absolute Gasteiger partial charge is 0.416 e. The lowest BCUT2D eigenvalue weighted by molar-refractivity contribution is -0.137. The van der Waals surface area contributed by atoms with Crippen molar-refractivity contribution < 1.29 is 26.7 Å². The second-order valence-corrected chi connectivity index (χ2v) is 7.00. The summed E-state index contributed by atoms with van der Waals surface area (Å²) >= 11 is 0. The third kappa shape index (κ3) is 4.42. The van der Waals surface area contributed by atoms with Crippen molar-refractivity contribution in [3.63, 3.8) is 0 Å². The van der Waals surface area contributed by atoms with Gasteiger partial charge in [-0.1, -0.05) is 49.7 Å². The van der Waals surface area contributed by atoms with E-state index < -0.39 is 28.9 Å². The Morgan fingerprint density at radius 1 is 0.900 bits per heavy atom. The molecule has 0 aromatic heterocycles. The van der Waals surface area contributed by atoms with Crippen LogP contribution in [-0.4, -0.2) is 6.29 Å². The summed E-state index contributed by atoms with van der Waals surface area (Å²) in [5, 5.41) is 0. The molecule has 3 rings (SSSR count). The average Bonchev–Trinajstić information content (AvgIpc) is 2.72. The van der Waals surface area contributed by atoms with Crippen LogP contribution in [0, 0.1) is 11.6 Å². The highest BCUT2D eigenvalue weighted by Gasteiger charge is 2.30. The normalized spacial score (nSPS) is 11.5. The molecule has 0 radical (unpaired) electrons. The fraction of sp³-hybridized carbons (Fsp3) is 0.208. The van der Waals surface area contributed by atoms with Crippen molar-refractivity contribution in [2.24, 2.45) is 0 Å². The van der Waals surface area contributed by atoms with Gasteiger partial charge in [0.2, 0.25) is 0 Å². The van der Waals surface area contributed by atoms with E-state index in [4.69, 9.17) is 0 Å². The molecule has 0 fully saturated rings. The smallest absolute Gasteiger partial charge is 0.298 e. The molecule has 0 spiro atoms. The van der Waals surface area contributed by atoms with Crippen LogP contribution in [0.25, 0.3) is 22.3 Å². The van der Waals surface area contributed by atoms with Crippen LogP contribution in [0.1, 0.15) is 41.3 Å². The first-order valence-electron chi connectivity index (χ1n) is 9.50. The third-order valence-corrected chi connectivity index (χ3v) is 4.96. The summed E-state index contributed by atoms with van der Waals surface area (Å²) in [5.74, 6) is -2.11. The number of halogens is 5. The van der Waals surface area contributed by atoms with Crippen LogP contribution in [0.3, 0.4) is 0 Å². The van der Waals surface area contributed by atoms with Crippen LogP contribution >= 0.6 is 0 Å². The van der Waals surface area contributed by atoms with Gasteiger partial charge in [0, 0.05) is 5.56 Å². The van der Waals surface area contributed by atoms with Crippen LogP contribution in [0.15, 0.2) is 54.6 Å². The molecule has 0 saturated heterocycles. The Labute approximate surface area is 171 Å². The van der Waals surface area contributed by atoms with Gasteiger partial charge >= 0.3 is 6.18 Å². The van der Waals surface area contributed by atoms with E-state index in [0.717, 1.165) is 55.2 Å². The van der Waals surface area contributed by atoms with Gasteiger partial charge < -0.3 is 0 Å². The zero-order chi connectivity index (χ0) is 21.9. The van der Waals surface area contributed by atoms with Crippen LogP contribution in [0.4, 0.5) is 22.0 Å². The summed E-state index contributed by atoms with van der Waals surface area (Å²) < 4.78 is 68.0. The minimum Gasteiger partial charge on any atom is -0.298 e. The lowest BCUT2D eigenvalue weighted by atomic mass is 9.91. The number of hydrogen-bond acceptors (Lipinski definition) is 1. The molecule has 3 aromatic rings. The molecule has 0 atom stereocenters. The summed E-state index contributed by atoms with van der Waals surface area (Å²) in [6.45, 7) is 2.07. The summed E-state index contributed by atoms with van der Waals surface area (Å²) in [5.41, 5.74) is 0.143. The molecule has 0 unspecified atom stereocenters. The fourth-order valence-electron chi connectivity index (χ4n) is 3.31. The van der Waals surface area contributed by atoms with E-state index in [0.29, 0.717) is 5.56 Å². The number of aryl methyl sites for hydroxylation is 1. The highest BCUT2D eigenvalue weighted by molar-refractivity contribution is 5.89. The second-order valence-electron chi connectivity index (χ2n) is 7.00. The first-order chi connectivity index (χ1) is 14.3. The molecule has 0 aliphatic heterocycles. The van der Waals surface area contributed by atoms with E-state index in [-0.39, 0.29) is 23.0 Å². The molecule has 0 aliphatic rings. The van der Waals surface area contributed by atoms with Gasteiger partial charge in [-0.25, -0.2) is 8.78 Å². The number of aldehydes is 1. The Morgan fingerprint density at radius 2 is 1.50 bits per heavy atom. The maximum Gasteiger partial charge on any atom is 0.416 e. The average molecular weight is 418 g/mol. The van der Waals surface area contributed by atoms with Crippen molar-refractivity contribution in [2.45, 2.75) is 32.4 Å². The molecule has 0 amide bonds. The molecule has 1 nitrogen and oxygen atoms in total. The predicted molar refractivity (Wildman–Crippen MR) is 106 cm³/mol. The number of carbonyl (C=O) groups is 1. The topological polar surface area (TPSA) is 17.1 Å². The summed E-state index contributed by atoms with van der Waals surface area (Å²) in [7, 11) is 0. The fourth-order valence-corrected chi connectivity index (χ4v) is 3.31. The van der Waals surface area contributed by atoms with Crippen molar-refractivity contribution in [2.75, 3.05) is 0 Å². The summed E-state index contributed by atoms with van der Waals surface area (Å²) in [4.78, 5) is 11.2. The van der Waals surface area contributed by atoms with Crippen molar-refractivity contribution in [1.82, 2.24) is 0 Å². The molecule has 0 heterocycles. The molecule has 0 saturated carbocycles. The van der Waals surface area contributed by atoms with Crippen molar-refractivity contribution >= 4 is 6.29 Å². The molecule has 30 heavy (non-hydrogen) atoms. The van der Waals surface area contributed by atoms with Crippen molar-refractivity contribution in [3.05, 3.63) is 82.9 Å². The molecular formula is C24H19F5O. The number of carbonyl (C=O) groups excluding carboxylic acids is 1. The zero-order valence-corrected chi connectivity index (χ0v) is 16.2. The standard InChI is InChI=1S/C24H19F5O/c1-2-3-4-15-5-7-17(8-6-15)22-19(13-21(25)20(14-30)23(22)26)16-9-11-18(12-10-16)24(27,28)29/h5-14H,2-4H2,1H3. The van der Waals surface area contributed by atoms with Crippen LogP contribution in [-0.2, 0) is 12.6 Å². The molecule has 156 valence electrons. The van der Waals surface area contributed by atoms with Crippen molar-refractivity contribution in [3.8, 4) is 22.3 Å². The lowest BCUT2D eigenvalue weighted by Crippen LogP contribution is -2.04. The van der Waals surface area contributed by atoms with E-state index in [9.17, 15) is 22.4 Å². The minimum atomic E-state index is -4.52. The second kappa shape index (κ2) is 8.78. The number of unbranched alkanes of at least 4 members (excludes halogenated alkanes) is 1. The lowest BCUT2D eigenvalue weighted by Gasteiger charge is -2.15. The van der Waals surface area contributed by atoms with Gasteiger partial charge in [-0.15, -0.1) is 0 Å². The van der Waals surface area contributed by atoms with Crippen LogP contribution < -0.4 is 0 Å². The van der Waals surface area contributed by atoms with Crippen LogP contribution in [0.5, 0.6) is 0 Å².